The van der Waals surface area contributed by atoms with Crippen molar-refractivity contribution in [3.05, 3.63) is 59.7 Å². The number of ether oxygens (including phenoxy) is 2. The van der Waals surface area contributed by atoms with Gasteiger partial charge in [-0.2, -0.15) is 5.10 Å². The number of methoxy groups -OCH3 is 1. The van der Waals surface area contributed by atoms with Crippen LogP contribution in [0.2, 0.25) is 0 Å². The van der Waals surface area contributed by atoms with Crippen LogP contribution in [0.25, 0.3) is 0 Å². The summed E-state index contributed by atoms with van der Waals surface area (Å²) in [5, 5.41) is 6.51. The van der Waals surface area contributed by atoms with Crippen LogP contribution in [-0.4, -0.2) is 54.9 Å². The molecule has 2 heterocycles. The quantitative estimate of drug-likeness (QED) is 0.642. The highest BCUT2D eigenvalue weighted by atomic mass is 16.5. The van der Waals surface area contributed by atoms with Gasteiger partial charge in [0, 0.05) is 6.42 Å². The van der Waals surface area contributed by atoms with E-state index in [2.05, 4.69) is 11.8 Å². The molecule has 2 aliphatic rings. The van der Waals surface area contributed by atoms with Crippen molar-refractivity contribution in [3.8, 4) is 11.5 Å². The Bertz CT molecular complexity index is 932. The molecule has 1 saturated heterocycles. The average Bonchev–Trinajstić information content (AvgIpc) is 3.27. The minimum absolute atomic E-state index is 0.0574. The number of hydrogen-bond donors (Lipinski definition) is 0. The van der Waals surface area contributed by atoms with Gasteiger partial charge in [0.05, 0.1) is 32.0 Å². The second-order valence-electron chi connectivity index (χ2n) is 8.69. The van der Waals surface area contributed by atoms with Gasteiger partial charge in [0.25, 0.3) is 5.91 Å². The molecule has 6 nitrogen and oxygen atoms in total. The normalized spacial score (nSPS) is 19.7. The van der Waals surface area contributed by atoms with E-state index < -0.39 is 0 Å². The Morgan fingerprint density at radius 1 is 1.03 bits per heavy atom. The third-order valence-corrected chi connectivity index (χ3v) is 6.40. The zero-order valence-electron chi connectivity index (χ0n) is 19.3. The molecule has 170 valence electrons. The summed E-state index contributed by atoms with van der Waals surface area (Å²) in [5.41, 5.74) is 3.01. The Kier molecular flexibility index (Phi) is 7.10. The molecule has 1 amide bonds. The number of nitrogens with zero attached hydrogens (tertiary/aromatic N) is 3. The summed E-state index contributed by atoms with van der Waals surface area (Å²) in [6.07, 6.45) is 2.98. The van der Waals surface area contributed by atoms with Gasteiger partial charge in [0.15, 0.2) is 0 Å². The topological polar surface area (TPSA) is 54.4 Å². The third-order valence-electron chi connectivity index (χ3n) is 6.40. The molecule has 0 radical (unpaired) electrons. The molecule has 0 aliphatic carbocycles. The number of hydrazone groups is 1. The first-order valence-electron chi connectivity index (χ1n) is 11.6. The zero-order chi connectivity index (χ0) is 22.5. The SMILES string of the molecule is CCOc1ccc([C@H]2CC(c3ccc(OC)cc3)=NN2C(=O)CN2CCC(C)CC2)cc1. The molecule has 0 N–H and O–H groups in total. The van der Waals surface area contributed by atoms with E-state index in [1.54, 1.807) is 12.1 Å². The highest BCUT2D eigenvalue weighted by Gasteiger charge is 2.34. The summed E-state index contributed by atoms with van der Waals surface area (Å²) >= 11 is 0. The number of hydrogen-bond acceptors (Lipinski definition) is 5. The van der Waals surface area contributed by atoms with Gasteiger partial charge >= 0.3 is 0 Å². The van der Waals surface area contributed by atoms with Crippen molar-refractivity contribution in [1.29, 1.82) is 0 Å². The van der Waals surface area contributed by atoms with Crippen molar-refractivity contribution >= 4 is 11.6 Å². The lowest BCUT2D eigenvalue weighted by molar-refractivity contribution is -0.134. The molecule has 1 fully saturated rings. The molecule has 2 aliphatic heterocycles. The highest BCUT2D eigenvalue weighted by Crippen LogP contribution is 2.34. The van der Waals surface area contributed by atoms with Gasteiger partial charge in [-0.15, -0.1) is 0 Å². The van der Waals surface area contributed by atoms with E-state index in [0.717, 1.165) is 60.2 Å². The predicted molar refractivity (Wildman–Crippen MR) is 126 cm³/mol. The number of amides is 1. The van der Waals surface area contributed by atoms with E-state index >= 15 is 0 Å². The summed E-state index contributed by atoms with van der Waals surface area (Å²) < 4.78 is 10.9. The van der Waals surface area contributed by atoms with Crippen molar-refractivity contribution in [2.24, 2.45) is 11.0 Å². The second kappa shape index (κ2) is 10.2. The minimum Gasteiger partial charge on any atom is -0.497 e. The minimum atomic E-state index is -0.112. The summed E-state index contributed by atoms with van der Waals surface area (Å²) in [7, 11) is 1.66. The summed E-state index contributed by atoms with van der Waals surface area (Å²) in [6.45, 7) is 7.26. The zero-order valence-corrected chi connectivity index (χ0v) is 19.3. The standard InChI is InChI=1S/C26H33N3O3/c1-4-32-23-11-7-21(8-12-23)25-17-24(20-5-9-22(31-3)10-6-20)27-29(25)26(30)18-28-15-13-19(2)14-16-28/h5-12,19,25H,4,13-18H2,1-3H3/t25-/m1/s1. The number of rotatable bonds is 7. The first kappa shape index (κ1) is 22.3. The molecule has 2 aromatic carbocycles. The molecule has 0 aromatic heterocycles. The smallest absolute Gasteiger partial charge is 0.257 e. The van der Waals surface area contributed by atoms with Crippen molar-refractivity contribution in [3.63, 3.8) is 0 Å². The fraction of sp³-hybridized carbons (Fsp3) is 0.462. The number of likely N-dealkylation sites (tertiary alicyclic amines) is 1. The molecular formula is C26H33N3O3. The number of benzene rings is 2. The van der Waals surface area contributed by atoms with Gasteiger partial charge < -0.3 is 9.47 Å². The van der Waals surface area contributed by atoms with Crippen molar-refractivity contribution < 1.29 is 14.3 Å². The summed E-state index contributed by atoms with van der Waals surface area (Å²) in [4.78, 5) is 15.6. The van der Waals surface area contributed by atoms with Gasteiger partial charge in [-0.05, 0) is 86.3 Å². The third kappa shape index (κ3) is 5.13. The van der Waals surface area contributed by atoms with Crippen LogP contribution in [0.1, 0.15) is 50.3 Å². The van der Waals surface area contributed by atoms with E-state index in [1.165, 1.54) is 0 Å². The molecule has 6 heteroatoms. The summed E-state index contributed by atoms with van der Waals surface area (Å²) in [5.74, 6) is 2.44. The molecule has 1 atom stereocenters. The predicted octanol–water partition coefficient (Wildman–Crippen LogP) is 4.50. The molecule has 0 spiro atoms. The molecule has 2 aromatic rings. The van der Waals surface area contributed by atoms with Gasteiger partial charge in [-0.1, -0.05) is 19.1 Å². The van der Waals surface area contributed by atoms with E-state index in [9.17, 15) is 4.79 Å². The molecule has 4 rings (SSSR count). The fourth-order valence-corrected chi connectivity index (χ4v) is 4.39. The molecular weight excluding hydrogens is 402 g/mol. The lowest BCUT2D eigenvalue weighted by Crippen LogP contribution is -2.41. The maximum Gasteiger partial charge on any atom is 0.257 e. The molecule has 0 saturated carbocycles. The van der Waals surface area contributed by atoms with E-state index in [-0.39, 0.29) is 11.9 Å². The Balaban J connectivity index is 1.56. The van der Waals surface area contributed by atoms with Crippen LogP contribution in [0.4, 0.5) is 0 Å². The Morgan fingerprint density at radius 2 is 1.69 bits per heavy atom. The van der Waals surface area contributed by atoms with Crippen molar-refractivity contribution in [1.82, 2.24) is 9.91 Å². The Morgan fingerprint density at radius 3 is 2.31 bits per heavy atom. The average molecular weight is 436 g/mol. The van der Waals surface area contributed by atoms with E-state index in [4.69, 9.17) is 14.6 Å². The van der Waals surface area contributed by atoms with Crippen LogP contribution in [0.3, 0.4) is 0 Å². The van der Waals surface area contributed by atoms with Crippen LogP contribution >= 0.6 is 0 Å². The van der Waals surface area contributed by atoms with Crippen LogP contribution in [0, 0.1) is 5.92 Å². The van der Waals surface area contributed by atoms with Crippen LogP contribution < -0.4 is 9.47 Å². The highest BCUT2D eigenvalue weighted by molar-refractivity contribution is 6.03. The van der Waals surface area contributed by atoms with Crippen LogP contribution in [0.5, 0.6) is 11.5 Å². The monoisotopic (exact) mass is 435 g/mol. The fourth-order valence-electron chi connectivity index (χ4n) is 4.39. The largest absolute Gasteiger partial charge is 0.497 e. The maximum atomic E-state index is 13.4. The lowest BCUT2D eigenvalue weighted by atomic mass is 9.98. The second-order valence-corrected chi connectivity index (χ2v) is 8.69. The van der Waals surface area contributed by atoms with E-state index in [1.807, 2.05) is 55.5 Å². The maximum absolute atomic E-state index is 13.4. The number of piperidine rings is 1. The van der Waals surface area contributed by atoms with Gasteiger partial charge in [0.2, 0.25) is 0 Å². The molecule has 0 unspecified atom stereocenters. The Labute approximate surface area is 190 Å². The number of carbonyl (C=O) groups excluding carboxylic acids is 1. The summed E-state index contributed by atoms with van der Waals surface area (Å²) in [6, 6.07) is 15.8. The lowest BCUT2D eigenvalue weighted by Gasteiger charge is -2.31. The van der Waals surface area contributed by atoms with Gasteiger partial charge in [-0.3, -0.25) is 9.69 Å². The first-order chi connectivity index (χ1) is 15.6. The van der Waals surface area contributed by atoms with Crippen molar-refractivity contribution in [2.45, 2.75) is 39.2 Å². The first-order valence-corrected chi connectivity index (χ1v) is 11.6. The van der Waals surface area contributed by atoms with Crippen LogP contribution in [0.15, 0.2) is 53.6 Å². The molecule has 32 heavy (non-hydrogen) atoms. The van der Waals surface area contributed by atoms with Gasteiger partial charge in [-0.25, -0.2) is 5.01 Å². The van der Waals surface area contributed by atoms with Crippen LogP contribution in [-0.2, 0) is 4.79 Å². The molecule has 0 bridgehead atoms. The van der Waals surface area contributed by atoms with Gasteiger partial charge in [0.1, 0.15) is 11.5 Å². The van der Waals surface area contributed by atoms with Crippen molar-refractivity contribution in [2.75, 3.05) is 33.4 Å². The number of carbonyl (C=O) groups is 1. The van der Waals surface area contributed by atoms with E-state index in [0.29, 0.717) is 19.6 Å². The Hall–Kier alpha value is -2.86.